The molecule has 1 fully saturated rings. The van der Waals surface area contributed by atoms with Crippen molar-refractivity contribution in [1.82, 2.24) is 9.97 Å². The number of rotatable bonds is 7. The van der Waals surface area contributed by atoms with Crippen LogP contribution in [0.25, 0.3) is 0 Å². The van der Waals surface area contributed by atoms with Gasteiger partial charge in [-0.2, -0.15) is 0 Å². The molecule has 1 aromatic heterocycles. The number of hydrogen-bond acceptors (Lipinski definition) is 6. The normalized spacial score (nSPS) is 18.5. The molecule has 19 heavy (non-hydrogen) atoms. The number of nitrogens with one attached hydrogen (secondary N) is 2. The van der Waals surface area contributed by atoms with Crippen molar-refractivity contribution in [2.24, 2.45) is 5.92 Å². The van der Waals surface area contributed by atoms with E-state index in [0.29, 0.717) is 5.92 Å². The Morgan fingerprint density at radius 3 is 2.79 bits per heavy atom. The van der Waals surface area contributed by atoms with Gasteiger partial charge < -0.3 is 15.4 Å². The van der Waals surface area contributed by atoms with Crippen molar-refractivity contribution in [2.75, 3.05) is 43.2 Å². The molecular weight excluding hydrogens is 260 g/mol. The van der Waals surface area contributed by atoms with E-state index in [1.165, 1.54) is 0 Å². The molecule has 0 amide bonds. The van der Waals surface area contributed by atoms with Crippen LogP contribution in [0, 0.1) is 5.92 Å². The number of nitrogens with zero attached hydrogens (tertiary/aromatic N) is 2. The van der Waals surface area contributed by atoms with Gasteiger partial charge in [0.2, 0.25) is 0 Å². The number of hydrogen-bond donors (Lipinski definition) is 2. The first-order chi connectivity index (χ1) is 9.31. The van der Waals surface area contributed by atoms with Crippen molar-refractivity contribution in [3.05, 3.63) is 6.07 Å². The maximum absolute atomic E-state index is 5.38. The van der Waals surface area contributed by atoms with Crippen LogP contribution in [0.1, 0.15) is 19.8 Å². The lowest BCUT2D eigenvalue weighted by Crippen LogP contribution is -2.15. The third-order valence-electron chi connectivity index (χ3n) is 3.04. The summed E-state index contributed by atoms with van der Waals surface area (Å²) < 4.78 is 5.38. The third-order valence-corrected chi connectivity index (χ3v) is 3.59. The fraction of sp³-hybridized carbons (Fsp3) is 0.692. The summed E-state index contributed by atoms with van der Waals surface area (Å²) in [7, 11) is 0. The van der Waals surface area contributed by atoms with Gasteiger partial charge in [-0.05, 0) is 19.1 Å². The van der Waals surface area contributed by atoms with Crippen LogP contribution in [0.15, 0.2) is 11.2 Å². The predicted octanol–water partition coefficient (Wildman–Crippen LogP) is 2.47. The van der Waals surface area contributed by atoms with Crippen LogP contribution < -0.4 is 10.6 Å². The maximum atomic E-state index is 5.38. The Bertz CT molecular complexity index is 396. The van der Waals surface area contributed by atoms with Crippen LogP contribution in [0.4, 0.5) is 11.6 Å². The second-order valence-corrected chi connectivity index (χ2v) is 5.44. The molecule has 0 aliphatic carbocycles. The minimum absolute atomic E-state index is 0.597. The minimum atomic E-state index is 0.597. The van der Waals surface area contributed by atoms with E-state index >= 15 is 0 Å². The first kappa shape index (κ1) is 14.4. The van der Waals surface area contributed by atoms with Crippen molar-refractivity contribution in [1.29, 1.82) is 0 Å². The SMILES string of the molecule is CCCNc1cc(NCC2CCOC2)nc(SC)n1. The van der Waals surface area contributed by atoms with Crippen molar-refractivity contribution >= 4 is 23.4 Å². The molecule has 5 nitrogen and oxygen atoms in total. The first-order valence-electron chi connectivity index (χ1n) is 6.80. The second kappa shape index (κ2) is 7.55. The lowest BCUT2D eigenvalue weighted by molar-refractivity contribution is 0.187. The molecule has 2 rings (SSSR count). The molecule has 1 aliphatic heterocycles. The Morgan fingerprint density at radius 2 is 2.16 bits per heavy atom. The van der Waals surface area contributed by atoms with Crippen molar-refractivity contribution in [3.8, 4) is 0 Å². The summed E-state index contributed by atoms with van der Waals surface area (Å²) in [6.45, 7) is 5.73. The van der Waals surface area contributed by atoms with Gasteiger partial charge in [-0.15, -0.1) is 0 Å². The second-order valence-electron chi connectivity index (χ2n) is 4.66. The first-order valence-corrected chi connectivity index (χ1v) is 8.03. The molecule has 106 valence electrons. The highest BCUT2D eigenvalue weighted by Gasteiger charge is 2.15. The Labute approximate surface area is 118 Å². The number of aromatic nitrogens is 2. The quantitative estimate of drug-likeness (QED) is 0.592. The topological polar surface area (TPSA) is 59.1 Å². The third kappa shape index (κ3) is 4.54. The average Bonchev–Trinajstić information content (AvgIpc) is 2.96. The van der Waals surface area contributed by atoms with Crippen LogP contribution in [0.2, 0.25) is 0 Å². The van der Waals surface area contributed by atoms with E-state index in [1.807, 2.05) is 12.3 Å². The van der Waals surface area contributed by atoms with Gasteiger partial charge in [-0.25, -0.2) is 9.97 Å². The molecule has 2 N–H and O–H groups in total. The zero-order valence-corrected chi connectivity index (χ0v) is 12.4. The van der Waals surface area contributed by atoms with Gasteiger partial charge in [0.25, 0.3) is 0 Å². The summed E-state index contributed by atoms with van der Waals surface area (Å²) in [5, 5.41) is 7.50. The van der Waals surface area contributed by atoms with E-state index in [0.717, 1.165) is 55.9 Å². The Morgan fingerprint density at radius 1 is 1.37 bits per heavy atom. The maximum Gasteiger partial charge on any atom is 0.191 e. The highest BCUT2D eigenvalue weighted by molar-refractivity contribution is 7.98. The van der Waals surface area contributed by atoms with Crippen molar-refractivity contribution in [2.45, 2.75) is 24.9 Å². The fourth-order valence-corrected chi connectivity index (χ4v) is 2.32. The lowest BCUT2D eigenvalue weighted by atomic mass is 10.1. The smallest absolute Gasteiger partial charge is 0.191 e. The Kier molecular flexibility index (Phi) is 5.72. The van der Waals surface area contributed by atoms with E-state index < -0.39 is 0 Å². The van der Waals surface area contributed by atoms with E-state index in [4.69, 9.17) is 4.74 Å². The molecule has 0 saturated carbocycles. The molecular formula is C13H22N4OS. The summed E-state index contributed by atoms with van der Waals surface area (Å²) in [4.78, 5) is 8.93. The number of anilines is 2. The summed E-state index contributed by atoms with van der Waals surface area (Å²) >= 11 is 1.56. The molecule has 0 radical (unpaired) electrons. The number of ether oxygens (including phenoxy) is 1. The number of thioether (sulfide) groups is 1. The summed E-state index contributed by atoms with van der Waals surface area (Å²) in [6.07, 6.45) is 4.21. The lowest BCUT2D eigenvalue weighted by Gasteiger charge is -2.12. The van der Waals surface area contributed by atoms with Crippen LogP contribution in [0.3, 0.4) is 0 Å². The van der Waals surface area contributed by atoms with Gasteiger partial charge in [0.1, 0.15) is 11.6 Å². The van der Waals surface area contributed by atoms with Crippen LogP contribution in [0.5, 0.6) is 0 Å². The molecule has 0 spiro atoms. The highest BCUT2D eigenvalue weighted by atomic mass is 32.2. The Hall–Kier alpha value is -1.01. The fourth-order valence-electron chi connectivity index (χ4n) is 1.94. The van der Waals surface area contributed by atoms with Gasteiger partial charge in [-0.3, -0.25) is 0 Å². The van der Waals surface area contributed by atoms with Gasteiger partial charge in [0.05, 0.1) is 6.61 Å². The summed E-state index contributed by atoms with van der Waals surface area (Å²) in [5.41, 5.74) is 0. The van der Waals surface area contributed by atoms with Crippen LogP contribution in [-0.2, 0) is 4.74 Å². The molecule has 1 atom stereocenters. The van der Waals surface area contributed by atoms with E-state index in [1.54, 1.807) is 11.8 Å². The zero-order chi connectivity index (χ0) is 13.5. The van der Waals surface area contributed by atoms with E-state index in [-0.39, 0.29) is 0 Å². The average molecular weight is 282 g/mol. The standard InChI is InChI=1S/C13H22N4OS/c1-3-5-14-11-7-12(17-13(16-11)19-2)15-8-10-4-6-18-9-10/h7,10H,3-6,8-9H2,1-2H3,(H2,14,15,16,17). The molecule has 1 saturated heterocycles. The molecule has 6 heteroatoms. The molecule has 1 aliphatic rings. The van der Waals surface area contributed by atoms with Gasteiger partial charge in [-0.1, -0.05) is 18.7 Å². The largest absolute Gasteiger partial charge is 0.381 e. The molecule has 2 heterocycles. The van der Waals surface area contributed by atoms with Crippen molar-refractivity contribution < 1.29 is 4.74 Å². The van der Waals surface area contributed by atoms with Gasteiger partial charge in [0, 0.05) is 31.7 Å². The summed E-state index contributed by atoms with van der Waals surface area (Å²) in [6, 6.07) is 1.98. The molecule has 0 bridgehead atoms. The zero-order valence-electron chi connectivity index (χ0n) is 11.6. The molecule has 1 unspecified atom stereocenters. The van der Waals surface area contributed by atoms with E-state index in [2.05, 4.69) is 27.5 Å². The monoisotopic (exact) mass is 282 g/mol. The molecule has 0 aromatic carbocycles. The minimum Gasteiger partial charge on any atom is -0.381 e. The van der Waals surface area contributed by atoms with Gasteiger partial charge in [0.15, 0.2) is 5.16 Å². The van der Waals surface area contributed by atoms with E-state index in [9.17, 15) is 0 Å². The van der Waals surface area contributed by atoms with Crippen molar-refractivity contribution in [3.63, 3.8) is 0 Å². The highest BCUT2D eigenvalue weighted by Crippen LogP contribution is 2.19. The van der Waals surface area contributed by atoms with Crippen LogP contribution in [-0.4, -0.2) is 42.5 Å². The van der Waals surface area contributed by atoms with Gasteiger partial charge >= 0.3 is 0 Å². The molecule has 1 aromatic rings. The summed E-state index contributed by atoms with van der Waals surface area (Å²) in [5.74, 6) is 2.39. The predicted molar refractivity (Wildman–Crippen MR) is 80.0 cm³/mol. The van der Waals surface area contributed by atoms with Crippen LogP contribution >= 0.6 is 11.8 Å². The Balaban J connectivity index is 1.96.